The quantitative estimate of drug-likeness (QED) is 0.899. The van der Waals surface area contributed by atoms with Crippen molar-refractivity contribution in [2.45, 2.75) is 37.7 Å². The summed E-state index contributed by atoms with van der Waals surface area (Å²) in [5.41, 5.74) is 5.47. The maximum Gasteiger partial charge on any atom is 0.225 e. The highest BCUT2D eigenvalue weighted by atomic mass is 16.5. The molecule has 5 nitrogen and oxygen atoms in total. The van der Waals surface area contributed by atoms with E-state index in [1.807, 2.05) is 20.2 Å². The first kappa shape index (κ1) is 16.5. The summed E-state index contributed by atoms with van der Waals surface area (Å²) in [5.74, 6) is 1.85. The summed E-state index contributed by atoms with van der Waals surface area (Å²) in [6.07, 6.45) is 3.89. The van der Waals surface area contributed by atoms with Crippen LogP contribution in [0.3, 0.4) is 0 Å². The largest absolute Gasteiger partial charge is 0.493 e. The average molecular weight is 364 g/mol. The third kappa shape index (κ3) is 3.01. The third-order valence-corrected chi connectivity index (χ3v) is 5.61. The Bertz CT molecular complexity index is 918. The Morgan fingerprint density at radius 3 is 2.78 bits per heavy atom. The minimum absolute atomic E-state index is 0.00427. The Kier molecular flexibility index (Phi) is 3.78. The van der Waals surface area contributed by atoms with Crippen molar-refractivity contribution in [2.75, 3.05) is 30.9 Å². The highest BCUT2D eigenvalue weighted by Gasteiger charge is 2.32. The van der Waals surface area contributed by atoms with Crippen LogP contribution in [0.4, 0.5) is 11.4 Å². The molecule has 0 aromatic heterocycles. The van der Waals surface area contributed by atoms with Gasteiger partial charge in [-0.1, -0.05) is 6.07 Å². The van der Waals surface area contributed by atoms with Gasteiger partial charge < -0.3 is 19.7 Å². The molecule has 2 heterocycles. The minimum Gasteiger partial charge on any atom is -0.493 e. The molecule has 0 bridgehead atoms. The van der Waals surface area contributed by atoms with Crippen molar-refractivity contribution in [1.29, 1.82) is 0 Å². The first-order valence-corrected chi connectivity index (χ1v) is 9.66. The molecule has 0 spiro atoms. The van der Waals surface area contributed by atoms with Crippen LogP contribution in [0.2, 0.25) is 0 Å². The highest BCUT2D eigenvalue weighted by molar-refractivity contribution is 5.96. The van der Waals surface area contributed by atoms with Crippen molar-refractivity contribution >= 4 is 17.3 Å². The molecule has 0 saturated heterocycles. The highest BCUT2D eigenvalue weighted by Crippen LogP contribution is 2.45. The van der Waals surface area contributed by atoms with E-state index in [9.17, 15) is 4.79 Å². The SMILES string of the molecule is CN(C)c1ccc(C2CC(=O)Nc3cc4c(cc32)CCO4)c(OC2CC2)c1. The Balaban J connectivity index is 1.61. The summed E-state index contributed by atoms with van der Waals surface area (Å²) in [5, 5.41) is 3.02. The van der Waals surface area contributed by atoms with Crippen LogP contribution in [0, 0.1) is 0 Å². The van der Waals surface area contributed by atoms with E-state index in [1.54, 1.807) is 0 Å². The predicted molar refractivity (Wildman–Crippen MR) is 105 cm³/mol. The molecule has 27 heavy (non-hydrogen) atoms. The zero-order valence-electron chi connectivity index (χ0n) is 15.7. The van der Waals surface area contributed by atoms with Crippen molar-refractivity contribution in [3.63, 3.8) is 0 Å². The lowest BCUT2D eigenvalue weighted by molar-refractivity contribution is -0.116. The van der Waals surface area contributed by atoms with Crippen molar-refractivity contribution in [3.8, 4) is 11.5 Å². The van der Waals surface area contributed by atoms with E-state index in [0.29, 0.717) is 19.1 Å². The van der Waals surface area contributed by atoms with Gasteiger partial charge in [-0.25, -0.2) is 0 Å². The van der Waals surface area contributed by atoms with Gasteiger partial charge >= 0.3 is 0 Å². The summed E-state index contributed by atoms with van der Waals surface area (Å²) in [6, 6.07) is 10.5. The Labute approximate surface area is 159 Å². The minimum atomic E-state index is 0.00427. The lowest BCUT2D eigenvalue weighted by atomic mass is 9.83. The number of ether oxygens (including phenoxy) is 2. The molecule has 1 N–H and O–H groups in total. The van der Waals surface area contributed by atoms with Crippen LogP contribution in [-0.2, 0) is 11.2 Å². The second-order valence-electron chi connectivity index (χ2n) is 7.88. The van der Waals surface area contributed by atoms with Crippen molar-refractivity contribution in [3.05, 3.63) is 47.0 Å². The number of benzene rings is 2. The molecule has 2 aromatic rings. The Morgan fingerprint density at radius 2 is 2.00 bits per heavy atom. The van der Waals surface area contributed by atoms with Gasteiger partial charge in [0, 0.05) is 61.9 Å². The van der Waals surface area contributed by atoms with E-state index >= 15 is 0 Å². The number of nitrogens with zero attached hydrogens (tertiary/aromatic N) is 1. The summed E-state index contributed by atoms with van der Waals surface area (Å²) >= 11 is 0. The Morgan fingerprint density at radius 1 is 1.15 bits per heavy atom. The predicted octanol–water partition coefficient (Wildman–Crippen LogP) is 3.70. The van der Waals surface area contributed by atoms with E-state index in [1.165, 1.54) is 5.56 Å². The Hall–Kier alpha value is -2.69. The van der Waals surface area contributed by atoms with Crippen LogP contribution >= 0.6 is 0 Å². The van der Waals surface area contributed by atoms with Crippen molar-refractivity contribution in [1.82, 2.24) is 0 Å². The van der Waals surface area contributed by atoms with Gasteiger partial charge in [0.15, 0.2) is 0 Å². The number of anilines is 2. The zero-order chi connectivity index (χ0) is 18.5. The smallest absolute Gasteiger partial charge is 0.225 e. The topological polar surface area (TPSA) is 50.8 Å². The summed E-state index contributed by atoms with van der Waals surface area (Å²) < 4.78 is 11.9. The molecule has 1 aliphatic carbocycles. The first-order valence-electron chi connectivity index (χ1n) is 9.66. The molecular formula is C22H24N2O3. The molecule has 1 atom stereocenters. The normalized spacial score (nSPS) is 20.4. The molecule has 1 amide bonds. The van der Waals surface area contributed by atoms with Gasteiger partial charge in [-0.3, -0.25) is 4.79 Å². The number of hydrogen-bond donors (Lipinski definition) is 1. The number of carbonyl (C=O) groups excluding carboxylic acids is 1. The van der Waals surface area contributed by atoms with E-state index in [2.05, 4.69) is 34.5 Å². The average Bonchev–Trinajstić information content (AvgIpc) is 3.34. The number of amides is 1. The van der Waals surface area contributed by atoms with Crippen LogP contribution in [0.1, 0.15) is 41.9 Å². The van der Waals surface area contributed by atoms with Gasteiger partial charge in [0.1, 0.15) is 11.5 Å². The van der Waals surface area contributed by atoms with Gasteiger partial charge in [0.25, 0.3) is 0 Å². The van der Waals surface area contributed by atoms with Crippen LogP contribution in [0.15, 0.2) is 30.3 Å². The number of rotatable bonds is 4. The van der Waals surface area contributed by atoms with E-state index in [4.69, 9.17) is 9.47 Å². The molecule has 0 radical (unpaired) electrons. The van der Waals surface area contributed by atoms with Crippen molar-refractivity contribution < 1.29 is 14.3 Å². The van der Waals surface area contributed by atoms with Crippen LogP contribution in [-0.4, -0.2) is 32.7 Å². The van der Waals surface area contributed by atoms with E-state index < -0.39 is 0 Å². The third-order valence-electron chi connectivity index (χ3n) is 5.61. The maximum absolute atomic E-state index is 12.4. The lowest BCUT2D eigenvalue weighted by Gasteiger charge is -2.28. The van der Waals surface area contributed by atoms with Gasteiger partial charge in [0.2, 0.25) is 5.91 Å². The van der Waals surface area contributed by atoms with E-state index in [-0.39, 0.29) is 11.8 Å². The molecule has 1 unspecified atom stereocenters. The number of nitrogens with one attached hydrogen (secondary N) is 1. The summed E-state index contributed by atoms with van der Waals surface area (Å²) in [7, 11) is 4.06. The van der Waals surface area contributed by atoms with Gasteiger partial charge in [-0.2, -0.15) is 0 Å². The molecule has 5 rings (SSSR count). The molecule has 140 valence electrons. The molecule has 2 aliphatic heterocycles. The van der Waals surface area contributed by atoms with Gasteiger partial charge in [-0.05, 0) is 36.1 Å². The summed E-state index contributed by atoms with van der Waals surface area (Å²) in [6.45, 7) is 0.713. The molecule has 3 aliphatic rings. The number of carbonyl (C=O) groups is 1. The summed E-state index contributed by atoms with van der Waals surface area (Å²) in [4.78, 5) is 14.5. The number of fused-ring (bicyclic) bond motifs is 2. The van der Waals surface area contributed by atoms with Crippen molar-refractivity contribution in [2.24, 2.45) is 0 Å². The van der Waals surface area contributed by atoms with E-state index in [0.717, 1.165) is 53.3 Å². The molecule has 2 aromatic carbocycles. The second kappa shape index (κ2) is 6.19. The number of hydrogen-bond acceptors (Lipinski definition) is 4. The van der Waals surface area contributed by atoms with Crippen LogP contribution in [0.5, 0.6) is 11.5 Å². The molecule has 1 saturated carbocycles. The van der Waals surface area contributed by atoms with Gasteiger partial charge in [0.05, 0.1) is 12.7 Å². The fourth-order valence-electron chi connectivity index (χ4n) is 3.97. The maximum atomic E-state index is 12.4. The second-order valence-corrected chi connectivity index (χ2v) is 7.88. The molecule has 1 fully saturated rings. The van der Waals surface area contributed by atoms with Crippen LogP contribution in [0.25, 0.3) is 0 Å². The molecular weight excluding hydrogens is 340 g/mol. The monoisotopic (exact) mass is 364 g/mol. The molecule has 5 heteroatoms. The zero-order valence-corrected chi connectivity index (χ0v) is 15.7. The lowest BCUT2D eigenvalue weighted by Crippen LogP contribution is -2.24. The van der Waals surface area contributed by atoms with Gasteiger partial charge in [-0.15, -0.1) is 0 Å². The standard InChI is InChI=1S/C22H24N2O3/c1-24(2)14-3-6-16(21(10-14)27-15-4-5-15)17-11-22(25)23-19-12-20-13(7-8-26-20)9-18(17)19/h3,6,9-10,12,15,17H,4-5,7-8,11H2,1-2H3,(H,23,25). The fraction of sp³-hybridized carbons (Fsp3) is 0.409. The first-order chi connectivity index (χ1) is 13.1. The van der Waals surface area contributed by atoms with Crippen LogP contribution < -0.4 is 19.7 Å². The fourth-order valence-corrected chi connectivity index (χ4v) is 3.97.